The molecule has 3 N–H and O–H groups in total. The number of aromatic amines is 1. The zero-order valence-corrected chi connectivity index (χ0v) is 10.7. The van der Waals surface area contributed by atoms with Crippen LogP contribution in [0, 0.1) is 6.92 Å². The van der Waals surface area contributed by atoms with Crippen LogP contribution >= 0.6 is 11.3 Å². The van der Waals surface area contributed by atoms with Crippen LogP contribution in [-0.4, -0.2) is 25.4 Å². The Hall–Kier alpha value is -2.41. The molecule has 19 heavy (non-hydrogen) atoms. The maximum absolute atomic E-state index is 11.9. The lowest BCUT2D eigenvalue weighted by Gasteiger charge is -2.06. The Labute approximate surface area is 111 Å². The van der Waals surface area contributed by atoms with Gasteiger partial charge in [-0.1, -0.05) is 11.3 Å². The predicted molar refractivity (Wildman–Crippen MR) is 71.5 cm³/mol. The molecule has 0 bridgehead atoms. The molecule has 0 radical (unpaired) electrons. The minimum Gasteiger partial charge on any atom is -0.508 e. The molecular weight excluding hydrogens is 266 g/mol. The number of rotatable bonds is 1. The number of phenolic OH excluding ortho intramolecular Hbond substituents is 2. The van der Waals surface area contributed by atoms with Gasteiger partial charge in [-0.15, -0.1) is 0 Å². The van der Waals surface area contributed by atoms with E-state index in [9.17, 15) is 15.0 Å². The number of aromatic hydroxyl groups is 2. The van der Waals surface area contributed by atoms with E-state index >= 15 is 0 Å². The molecule has 0 spiro atoms. The van der Waals surface area contributed by atoms with Crippen molar-refractivity contribution in [3.05, 3.63) is 33.4 Å². The highest BCUT2D eigenvalue weighted by Crippen LogP contribution is 2.34. The van der Waals surface area contributed by atoms with Gasteiger partial charge < -0.3 is 10.2 Å². The maximum Gasteiger partial charge on any atom is 0.246 e. The van der Waals surface area contributed by atoms with Gasteiger partial charge in [0.05, 0.1) is 17.1 Å². The second-order valence-electron chi connectivity index (χ2n) is 4.09. The van der Waals surface area contributed by atoms with E-state index in [-0.39, 0.29) is 16.2 Å². The third-order valence-corrected chi connectivity index (χ3v) is 3.70. The Bertz CT molecular complexity index is 838. The van der Waals surface area contributed by atoms with Crippen molar-refractivity contribution >= 4 is 22.4 Å². The molecule has 0 amide bonds. The Kier molecular flexibility index (Phi) is 2.49. The van der Waals surface area contributed by atoms with E-state index in [0.717, 1.165) is 11.3 Å². The first-order chi connectivity index (χ1) is 9.06. The largest absolute Gasteiger partial charge is 0.508 e. The molecule has 0 atom stereocenters. The summed E-state index contributed by atoms with van der Waals surface area (Å²) in [4.78, 5) is 16.1. The van der Waals surface area contributed by atoms with Gasteiger partial charge in [0.2, 0.25) is 4.74 Å². The highest BCUT2D eigenvalue weighted by molar-refractivity contribution is 7.13. The Morgan fingerprint density at radius 3 is 2.84 bits per heavy atom. The molecule has 3 aromatic rings. The monoisotopic (exact) mass is 275 g/mol. The summed E-state index contributed by atoms with van der Waals surface area (Å²) in [5.74, 6) is -0.124. The van der Waals surface area contributed by atoms with Gasteiger partial charge in [-0.3, -0.25) is 9.89 Å². The average Bonchev–Trinajstić information content (AvgIpc) is 2.82. The molecule has 96 valence electrons. The normalized spacial score (nSPS) is 11.0. The zero-order valence-electron chi connectivity index (χ0n) is 9.84. The van der Waals surface area contributed by atoms with Crippen LogP contribution < -0.4 is 4.74 Å². The number of phenols is 2. The van der Waals surface area contributed by atoms with E-state index in [1.807, 2.05) is 0 Å². The van der Waals surface area contributed by atoms with E-state index in [2.05, 4.69) is 15.2 Å². The minimum absolute atomic E-state index is 0.00350. The SMILES string of the molecule is Cc1cc(-c2nc3[nH]ncc3c(=O)s2)c(O)cc1O. The van der Waals surface area contributed by atoms with Crippen molar-refractivity contribution in [2.45, 2.75) is 6.92 Å². The molecule has 2 heterocycles. The lowest BCUT2D eigenvalue weighted by Crippen LogP contribution is -1.97. The van der Waals surface area contributed by atoms with Gasteiger partial charge in [-0.25, -0.2) is 4.98 Å². The first-order valence-electron chi connectivity index (χ1n) is 5.43. The molecule has 3 rings (SSSR count). The Morgan fingerprint density at radius 1 is 1.26 bits per heavy atom. The molecule has 0 unspecified atom stereocenters. The molecule has 0 aliphatic rings. The highest BCUT2D eigenvalue weighted by atomic mass is 32.1. The van der Waals surface area contributed by atoms with Crippen LogP contribution in [0.15, 0.2) is 23.1 Å². The first kappa shape index (κ1) is 11.7. The number of fused-ring (bicyclic) bond motifs is 1. The molecule has 6 nitrogen and oxygen atoms in total. The van der Waals surface area contributed by atoms with Gasteiger partial charge in [0.15, 0.2) is 5.65 Å². The lowest BCUT2D eigenvalue weighted by molar-refractivity contribution is 0.449. The minimum atomic E-state index is -0.182. The number of nitrogens with zero attached hydrogens (tertiary/aromatic N) is 2. The van der Waals surface area contributed by atoms with E-state index in [1.165, 1.54) is 12.3 Å². The summed E-state index contributed by atoms with van der Waals surface area (Å²) < 4.78 is -0.182. The number of H-pyrrole nitrogens is 1. The maximum atomic E-state index is 11.9. The number of hydrogen-bond donors (Lipinski definition) is 3. The van der Waals surface area contributed by atoms with Crippen molar-refractivity contribution in [3.8, 4) is 22.1 Å². The molecule has 0 fully saturated rings. The summed E-state index contributed by atoms with van der Waals surface area (Å²) in [6.07, 6.45) is 1.42. The second kappa shape index (κ2) is 4.06. The van der Waals surface area contributed by atoms with Gasteiger partial charge in [-0.05, 0) is 18.6 Å². The fraction of sp³-hybridized carbons (Fsp3) is 0.0833. The van der Waals surface area contributed by atoms with Crippen molar-refractivity contribution in [1.29, 1.82) is 0 Å². The molecule has 0 aliphatic carbocycles. The standard InChI is InChI=1S/C12H9N3O3S/c1-5-2-6(9(17)3-8(5)16)11-14-10-7(4-13-15-10)12(18)19-11/h2-4,16-17H,1H3,(H,13,15). The number of nitrogens with one attached hydrogen (secondary N) is 1. The number of hydrogen-bond acceptors (Lipinski definition) is 6. The van der Waals surface area contributed by atoms with Crippen LogP contribution in [0.4, 0.5) is 0 Å². The van der Waals surface area contributed by atoms with Crippen molar-refractivity contribution in [3.63, 3.8) is 0 Å². The molecule has 0 saturated carbocycles. The fourth-order valence-electron chi connectivity index (χ4n) is 1.75. The smallest absolute Gasteiger partial charge is 0.246 e. The van der Waals surface area contributed by atoms with Gasteiger partial charge in [0.25, 0.3) is 0 Å². The third kappa shape index (κ3) is 1.84. The second-order valence-corrected chi connectivity index (χ2v) is 5.06. The molecular formula is C12H9N3O3S. The highest BCUT2D eigenvalue weighted by Gasteiger charge is 2.13. The zero-order chi connectivity index (χ0) is 13.6. The molecule has 2 aromatic heterocycles. The van der Waals surface area contributed by atoms with Crippen molar-refractivity contribution < 1.29 is 10.2 Å². The predicted octanol–water partition coefficient (Wildman–Crippen LogP) is 1.77. The van der Waals surface area contributed by atoms with Gasteiger partial charge in [0.1, 0.15) is 16.5 Å². The Morgan fingerprint density at radius 2 is 2.05 bits per heavy atom. The van der Waals surface area contributed by atoms with Crippen molar-refractivity contribution in [2.75, 3.05) is 0 Å². The van der Waals surface area contributed by atoms with Crippen LogP contribution in [0.25, 0.3) is 21.6 Å². The number of benzene rings is 1. The first-order valence-corrected chi connectivity index (χ1v) is 6.25. The summed E-state index contributed by atoms with van der Waals surface area (Å²) >= 11 is 0.925. The molecule has 0 aliphatic heterocycles. The quantitative estimate of drug-likeness (QED) is 0.628. The summed E-state index contributed by atoms with van der Waals surface area (Å²) in [5.41, 5.74) is 1.39. The van der Waals surface area contributed by atoms with Crippen LogP contribution in [-0.2, 0) is 0 Å². The van der Waals surface area contributed by atoms with Crippen LogP contribution in [0.5, 0.6) is 11.5 Å². The van der Waals surface area contributed by atoms with Crippen LogP contribution in [0.2, 0.25) is 0 Å². The van der Waals surface area contributed by atoms with Gasteiger partial charge in [-0.2, -0.15) is 5.10 Å². The summed E-state index contributed by atoms with van der Waals surface area (Å²) in [5, 5.41) is 26.6. The average molecular weight is 275 g/mol. The Balaban J connectivity index is 2.30. The van der Waals surface area contributed by atoms with Crippen molar-refractivity contribution in [2.24, 2.45) is 0 Å². The summed E-state index contributed by atoms with van der Waals surface area (Å²) in [7, 11) is 0. The van der Waals surface area contributed by atoms with E-state index in [0.29, 0.717) is 27.2 Å². The third-order valence-electron chi connectivity index (χ3n) is 2.79. The molecule has 1 aromatic carbocycles. The van der Waals surface area contributed by atoms with E-state index in [4.69, 9.17) is 0 Å². The summed E-state index contributed by atoms with van der Waals surface area (Å²) in [6, 6.07) is 2.83. The number of aromatic nitrogens is 3. The topological polar surface area (TPSA) is 99.1 Å². The van der Waals surface area contributed by atoms with Crippen molar-refractivity contribution in [1.82, 2.24) is 15.2 Å². The lowest BCUT2D eigenvalue weighted by atomic mass is 10.1. The van der Waals surface area contributed by atoms with Crippen LogP contribution in [0.3, 0.4) is 0 Å². The van der Waals surface area contributed by atoms with Crippen LogP contribution in [0.1, 0.15) is 5.56 Å². The van der Waals surface area contributed by atoms with Gasteiger partial charge in [0, 0.05) is 6.07 Å². The number of aryl methyl sites for hydroxylation is 1. The molecule has 7 heteroatoms. The summed E-state index contributed by atoms with van der Waals surface area (Å²) in [6.45, 7) is 1.70. The molecule has 0 saturated heterocycles. The van der Waals surface area contributed by atoms with Gasteiger partial charge >= 0.3 is 0 Å². The fourth-order valence-corrected chi connectivity index (χ4v) is 2.60. The van der Waals surface area contributed by atoms with E-state index in [1.54, 1.807) is 13.0 Å². The van der Waals surface area contributed by atoms with E-state index < -0.39 is 0 Å².